The van der Waals surface area contributed by atoms with Gasteiger partial charge < -0.3 is 8.98 Å². The molecule has 0 spiro atoms. The van der Waals surface area contributed by atoms with E-state index < -0.39 is 0 Å². The van der Waals surface area contributed by atoms with Gasteiger partial charge in [-0.15, -0.1) is 0 Å². The number of nitrogens with zero attached hydrogens (tertiary/aromatic N) is 3. The van der Waals surface area contributed by atoms with Crippen molar-refractivity contribution in [3.63, 3.8) is 0 Å². The Balaban J connectivity index is 1.07. The second kappa shape index (κ2) is 10.3. The molecular weight excluding hydrogens is 635 g/mol. The Morgan fingerprint density at radius 2 is 0.712 bits per heavy atom. The molecule has 8 aromatic carbocycles. The van der Waals surface area contributed by atoms with Crippen molar-refractivity contribution in [1.82, 2.24) is 13.9 Å². The smallest absolute Gasteiger partial charge is 0.135 e. The molecule has 0 radical (unpaired) electrons. The van der Waals surface area contributed by atoms with Gasteiger partial charge in [0.15, 0.2) is 0 Å². The van der Waals surface area contributed by atoms with Crippen molar-refractivity contribution in [2.45, 2.75) is 0 Å². The van der Waals surface area contributed by atoms with E-state index >= 15 is 0 Å². The lowest BCUT2D eigenvalue weighted by Crippen LogP contribution is -2.08. The van der Waals surface area contributed by atoms with Gasteiger partial charge in [-0.2, -0.15) is 0 Å². The number of hydrogen-bond acceptors (Lipinski definition) is 1. The molecule has 0 amide bonds. The lowest BCUT2D eigenvalue weighted by Gasteiger charge is -2.13. The highest BCUT2D eigenvalue weighted by Crippen LogP contribution is 2.40. The molecule has 0 aliphatic heterocycles. The standard InChI is InChI=1S/C48H29N3O/c1-6-16-41-35(13-1)38-27-30(21-24-42(38)49(41)32-23-26-48-40(29-32)37-15-5-10-20-47(37)52-48)31-22-25-46-39(28-31)36-14-4-9-19-45(36)51(46)50-43-17-7-2-11-33(43)34-12-3-8-18-44(34)50/h1-29H. The first kappa shape index (κ1) is 27.7. The number of aromatic nitrogens is 3. The summed E-state index contributed by atoms with van der Waals surface area (Å²) in [5.74, 6) is 0. The molecule has 0 aliphatic carbocycles. The van der Waals surface area contributed by atoms with E-state index in [0.29, 0.717) is 0 Å². The normalized spacial score (nSPS) is 12.2. The summed E-state index contributed by atoms with van der Waals surface area (Å²) in [5.41, 5.74) is 12.4. The third-order valence-electron chi connectivity index (χ3n) is 11.0. The maximum Gasteiger partial charge on any atom is 0.135 e. The zero-order valence-corrected chi connectivity index (χ0v) is 28.0. The van der Waals surface area contributed by atoms with Crippen LogP contribution in [0, 0.1) is 0 Å². The number of fused-ring (bicyclic) bond motifs is 12. The molecule has 0 fully saturated rings. The quantitative estimate of drug-likeness (QED) is 0.185. The molecule has 4 heterocycles. The van der Waals surface area contributed by atoms with Crippen molar-refractivity contribution >= 4 is 87.4 Å². The van der Waals surface area contributed by atoms with Crippen LogP contribution >= 0.6 is 0 Å². The first-order valence-corrected chi connectivity index (χ1v) is 17.8. The van der Waals surface area contributed by atoms with Crippen LogP contribution in [0.15, 0.2) is 180 Å². The number of hydrogen-bond donors (Lipinski definition) is 0. The predicted molar refractivity (Wildman–Crippen MR) is 217 cm³/mol. The minimum Gasteiger partial charge on any atom is -0.456 e. The highest BCUT2D eigenvalue weighted by molar-refractivity contribution is 6.14. The van der Waals surface area contributed by atoms with Gasteiger partial charge in [-0.3, -0.25) is 0 Å². The molecule has 0 saturated heterocycles. The molecule has 0 unspecified atom stereocenters. The Labute approximate surface area is 297 Å². The van der Waals surface area contributed by atoms with Gasteiger partial charge >= 0.3 is 0 Å². The van der Waals surface area contributed by atoms with Crippen LogP contribution < -0.4 is 0 Å². The Hall–Kier alpha value is -7.04. The van der Waals surface area contributed by atoms with Gasteiger partial charge in [-0.25, -0.2) is 9.35 Å². The summed E-state index contributed by atoms with van der Waals surface area (Å²) >= 11 is 0. The van der Waals surface area contributed by atoms with E-state index in [0.717, 1.165) is 27.6 Å². The lowest BCUT2D eigenvalue weighted by atomic mass is 10.0. The second-order valence-corrected chi connectivity index (χ2v) is 13.8. The lowest BCUT2D eigenvalue weighted by molar-refractivity contribution is 0.669. The van der Waals surface area contributed by atoms with Crippen LogP contribution in [0.5, 0.6) is 0 Å². The average Bonchev–Trinajstić information content (AvgIpc) is 3.93. The highest BCUT2D eigenvalue weighted by atomic mass is 16.3. The Kier molecular flexibility index (Phi) is 5.47. The molecular formula is C48H29N3O. The van der Waals surface area contributed by atoms with E-state index in [9.17, 15) is 0 Å². The topological polar surface area (TPSA) is 27.9 Å². The van der Waals surface area contributed by atoms with Crippen LogP contribution in [-0.2, 0) is 0 Å². The van der Waals surface area contributed by atoms with E-state index in [1.54, 1.807) is 0 Å². The molecule has 0 bridgehead atoms. The fourth-order valence-electron chi connectivity index (χ4n) is 8.75. The van der Waals surface area contributed by atoms with Gasteiger partial charge in [0.05, 0.1) is 33.1 Å². The minimum absolute atomic E-state index is 0.905. The molecule has 0 N–H and O–H groups in total. The third kappa shape index (κ3) is 3.70. The molecule has 4 nitrogen and oxygen atoms in total. The second-order valence-electron chi connectivity index (χ2n) is 13.8. The summed E-state index contributed by atoms with van der Waals surface area (Å²) < 4.78 is 13.3. The number of furan rings is 1. The zero-order valence-electron chi connectivity index (χ0n) is 28.0. The Bertz CT molecular complexity index is 3370. The fraction of sp³-hybridized carbons (Fsp3) is 0. The van der Waals surface area contributed by atoms with Crippen LogP contribution in [0.1, 0.15) is 0 Å². The Morgan fingerprint density at radius 3 is 1.35 bits per heavy atom. The van der Waals surface area contributed by atoms with E-state index in [1.165, 1.54) is 76.5 Å². The van der Waals surface area contributed by atoms with E-state index in [4.69, 9.17) is 4.42 Å². The summed E-state index contributed by atoms with van der Waals surface area (Å²) in [6.45, 7) is 0. The van der Waals surface area contributed by atoms with Gasteiger partial charge in [0, 0.05) is 48.8 Å². The molecule has 4 heteroatoms. The summed E-state index contributed by atoms with van der Waals surface area (Å²) in [4.78, 5) is 0. The van der Waals surface area contributed by atoms with Crippen molar-refractivity contribution < 1.29 is 4.42 Å². The van der Waals surface area contributed by atoms with Crippen LogP contribution in [0.25, 0.3) is 104 Å². The zero-order chi connectivity index (χ0) is 33.9. The van der Waals surface area contributed by atoms with Gasteiger partial charge in [0.25, 0.3) is 0 Å². The van der Waals surface area contributed by atoms with Crippen molar-refractivity contribution in [2.24, 2.45) is 0 Å². The van der Waals surface area contributed by atoms with E-state index in [2.05, 4.69) is 178 Å². The summed E-state index contributed by atoms with van der Waals surface area (Å²) in [6.07, 6.45) is 0. The first-order valence-electron chi connectivity index (χ1n) is 17.8. The predicted octanol–water partition coefficient (Wildman–Crippen LogP) is 12.9. The molecule has 0 saturated carbocycles. The summed E-state index contributed by atoms with van der Waals surface area (Å²) in [7, 11) is 0. The maximum absolute atomic E-state index is 6.17. The average molecular weight is 664 g/mol. The van der Waals surface area contributed by atoms with Gasteiger partial charge in [0.2, 0.25) is 0 Å². The molecule has 242 valence electrons. The molecule has 0 aliphatic rings. The van der Waals surface area contributed by atoms with Crippen molar-refractivity contribution in [3.8, 4) is 16.8 Å². The summed E-state index contributed by atoms with van der Waals surface area (Å²) in [6, 6.07) is 63.7. The SMILES string of the molecule is c1ccc2c(c1)oc1ccc(-n3c4ccccc4c4cc(-c5ccc6c(c5)c5ccccc5n6-n5c6ccccc6c6ccccc65)ccc43)cc12. The van der Waals surface area contributed by atoms with Crippen molar-refractivity contribution in [2.75, 3.05) is 0 Å². The fourth-order valence-corrected chi connectivity index (χ4v) is 8.75. The van der Waals surface area contributed by atoms with E-state index in [1.807, 2.05) is 12.1 Å². The molecule has 12 aromatic rings. The van der Waals surface area contributed by atoms with Crippen LogP contribution in [0.2, 0.25) is 0 Å². The van der Waals surface area contributed by atoms with Crippen molar-refractivity contribution in [1.29, 1.82) is 0 Å². The number of para-hydroxylation sites is 5. The molecule has 4 aromatic heterocycles. The van der Waals surface area contributed by atoms with Crippen LogP contribution in [0.4, 0.5) is 0 Å². The largest absolute Gasteiger partial charge is 0.456 e. The Morgan fingerprint density at radius 1 is 0.288 bits per heavy atom. The minimum atomic E-state index is 0.905. The monoisotopic (exact) mass is 663 g/mol. The van der Waals surface area contributed by atoms with Gasteiger partial charge in [-0.05, 0) is 83.9 Å². The third-order valence-corrected chi connectivity index (χ3v) is 11.0. The first-order chi connectivity index (χ1) is 25.8. The van der Waals surface area contributed by atoms with E-state index in [-0.39, 0.29) is 0 Å². The van der Waals surface area contributed by atoms with Crippen LogP contribution in [-0.4, -0.2) is 13.9 Å². The molecule has 52 heavy (non-hydrogen) atoms. The van der Waals surface area contributed by atoms with Crippen molar-refractivity contribution in [3.05, 3.63) is 176 Å². The number of rotatable bonds is 3. The van der Waals surface area contributed by atoms with Gasteiger partial charge in [0.1, 0.15) is 11.2 Å². The maximum atomic E-state index is 6.17. The van der Waals surface area contributed by atoms with Crippen LogP contribution in [0.3, 0.4) is 0 Å². The van der Waals surface area contributed by atoms with Gasteiger partial charge in [-0.1, -0.05) is 103 Å². The number of benzene rings is 8. The molecule has 12 rings (SSSR count). The highest BCUT2D eigenvalue weighted by Gasteiger charge is 2.19. The molecule has 0 atom stereocenters. The summed E-state index contributed by atoms with van der Waals surface area (Å²) in [5, 5.41) is 9.72.